The Kier molecular flexibility index (Phi) is 3.94. The van der Waals surface area contributed by atoms with Crippen LogP contribution in [0.4, 0.5) is 5.69 Å². The van der Waals surface area contributed by atoms with Crippen LogP contribution < -0.4 is 17.2 Å². The molecule has 0 unspecified atom stereocenters. The zero-order valence-corrected chi connectivity index (χ0v) is 13.3. The van der Waals surface area contributed by atoms with Crippen LogP contribution in [0.25, 0.3) is 20.8 Å². The van der Waals surface area contributed by atoms with E-state index in [-0.39, 0.29) is 11.9 Å². The first-order chi connectivity index (χ1) is 11.0. The first kappa shape index (κ1) is 15.0. The molecule has 116 valence electrons. The van der Waals surface area contributed by atoms with Crippen molar-refractivity contribution in [3.63, 3.8) is 0 Å². The Balaban J connectivity index is 1.97. The monoisotopic (exact) mass is 324 g/mol. The predicted octanol–water partition coefficient (Wildman–Crippen LogP) is 2.49. The number of aryl methyl sites for hydroxylation is 1. The van der Waals surface area contributed by atoms with E-state index >= 15 is 0 Å². The second-order valence-corrected chi connectivity index (χ2v) is 6.03. The van der Waals surface area contributed by atoms with Crippen LogP contribution in [-0.4, -0.2) is 16.9 Å². The van der Waals surface area contributed by atoms with Gasteiger partial charge in [-0.25, -0.2) is 9.98 Å². The highest BCUT2D eigenvalue weighted by atomic mass is 32.1. The molecular weight excluding hydrogens is 308 g/mol. The summed E-state index contributed by atoms with van der Waals surface area (Å²) in [5.41, 5.74) is 20.0. The topological polar surface area (TPSA) is 116 Å². The fourth-order valence-corrected chi connectivity index (χ4v) is 3.15. The molecule has 0 aliphatic rings. The minimum Gasteiger partial charge on any atom is -0.370 e. The van der Waals surface area contributed by atoms with E-state index < -0.39 is 0 Å². The molecule has 0 saturated carbocycles. The third-order valence-corrected chi connectivity index (χ3v) is 4.30. The highest BCUT2D eigenvalue weighted by molar-refractivity contribution is 7.21. The molecule has 6 N–H and O–H groups in total. The number of para-hydroxylation sites is 1. The zero-order valence-electron chi connectivity index (χ0n) is 12.5. The number of aliphatic imine (C=N–C) groups is 2. The first-order valence-electron chi connectivity index (χ1n) is 6.93. The number of fused-ring (bicyclic) bond motifs is 1. The largest absolute Gasteiger partial charge is 0.370 e. The number of nitrogens with two attached hydrogens (primary N) is 3. The average Bonchev–Trinajstić information content (AvgIpc) is 2.92. The van der Waals surface area contributed by atoms with E-state index in [0.717, 1.165) is 27.3 Å². The highest BCUT2D eigenvalue weighted by Gasteiger charge is 2.07. The summed E-state index contributed by atoms with van der Waals surface area (Å²) in [7, 11) is 0. The van der Waals surface area contributed by atoms with Gasteiger partial charge in [0.1, 0.15) is 5.01 Å². The second kappa shape index (κ2) is 6.05. The lowest BCUT2D eigenvalue weighted by atomic mass is 10.1. The highest BCUT2D eigenvalue weighted by Crippen LogP contribution is 2.32. The molecule has 0 aliphatic heterocycles. The van der Waals surface area contributed by atoms with Crippen molar-refractivity contribution in [1.82, 2.24) is 4.98 Å². The maximum absolute atomic E-state index is 5.67. The van der Waals surface area contributed by atoms with Gasteiger partial charge < -0.3 is 17.2 Å². The number of aromatic nitrogens is 1. The number of thiazole rings is 1. The van der Waals surface area contributed by atoms with Crippen LogP contribution in [0.15, 0.2) is 52.4 Å². The summed E-state index contributed by atoms with van der Waals surface area (Å²) in [4.78, 5) is 12.6. The Morgan fingerprint density at radius 1 is 1.09 bits per heavy atom. The van der Waals surface area contributed by atoms with Gasteiger partial charge in [0.05, 0.1) is 15.9 Å². The third-order valence-electron chi connectivity index (χ3n) is 3.22. The smallest absolute Gasteiger partial charge is 0.223 e. The molecule has 0 atom stereocenters. The SMILES string of the molecule is Cc1cc(-c2nc3ccccc3s2)ccc1N=C(N)N=C(N)N. The van der Waals surface area contributed by atoms with E-state index in [4.69, 9.17) is 17.2 Å². The Morgan fingerprint density at radius 2 is 1.87 bits per heavy atom. The van der Waals surface area contributed by atoms with Crippen molar-refractivity contribution in [2.24, 2.45) is 27.2 Å². The van der Waals surface area contributed by atoms with Crippen LogP contribution >= 0.6 is 11.3 Å². The Morgan fingerprint density at radius 3 is 2.57 bits per heavy atom. The molecule has 0 amide bonds. The Hall–Kier alpha value is -2.93. The average molecular weight is 324 g/mol. The summed E-state index contributed by atoms with van der Waals surface area (Å²) in [6.45, 7) is 1.96. The van der Waals surface area contributed by atoms with Gasteiger partial charge >= 0.3 is 0 Å². The standard InChI is InChI=1S/C16H16N6S/c1-9-8-10(6-7-11(9)21-16(19)22-15(17)18)14-20-12-4-2-3-5-13(12)23-14/h2-8H,1H3,(H6,17,18,19,21,22). The molecule has 0 saturated heterocycles. The van der Waals surface area contributed by atoms with E-state index in [1.165, 1.54) is 4.70 Å². The van der Waals surface area contributed by atoms with Gasteiger partial charge in [0.2, 0.25) is 5.96 Å². The molecule has 0 bridgehead atoms. The number of hydrogen-bond acceptors (Lipinski definition) is 3. The van der Waals surface area contributed by atoms with Crippen molar-refractivity contribution in [2.75, 3.05) is 0 Å². The number of guanidine groups is 2. The van der Waals surface area contributed by atoms with Crippen LogP contribution in [0.5, 0.6) is 0 Å². The van der Waals surface area contributed by atoms with Crippen LogP contribution in [0.1, 0.15) is 5.56 Å². The maximum atomic E-state index is 5.67. The molecule has 23 heavy (non-hydrogen) atoms. The normalized spacial score (nSPS) is 11.6. The number of benzene rings is 2. The maximum Gasteiger partial charge on any atom is 0.223 e. The van der Waals surface area contributed by atoms with Crippen molar-refractivity contribution < 1.29 is 0 Å². The van der Waals surface area contributed by atoms with Crippen LogP contribution in [0.3, 0.4) is 0 Å². The molecular formula is C16H16N6S. The molecule has 0 spiro atoms. The van der Waals surface area contributed by atoms with E-state index in [2.05, 4.69) is 21.0 Å². The number of rotatable bonds is 2. The molecule has 0 aliphatic carbocycles. The van der Waals surface area contributed by atoms with Gasteiger partial charge in [-0.3, -0.25) is 0 Å². The van der Waals surface area contributed by atoms with Crippen molar-refractivity contribution in [3.8, 4) is 10.6 Å². The van der Waals surface area contributed by atoms with Gasteiger partial charge in [0.15, 0.2) is 5.96 Å². The van der Waals surface area contributed by atoms with Gasteiger partial charge in [0, 0.05) is 5.56 Å². The van der Waals surface area contributed by atoms with Crippen LogP contribution in [-0.2, 0) is 0 Å². The van der Waals surface area contributed by atoms with Crippen molar-refractivity contribution in [3.05, 3.63) is 48.0 Å². The third kappa shape index (κ3) is 3.29. The minimum absolute atomic E-state index is 0.0286. The molecule has 1 heterocycles. The van der Waals surface area contributed by atoms with E-state index in [9.17, 15) is 0 Å². The van der Waals surface area contributed by atoms with Crippen LogP contribution in [0, 0.1) is 6.92 Å². The lowest BCUT2D eigenvalue weighted by Gasteiger charge is -2.03. The zero-order chi connectivity index (χ0) is 16.4. The molecule has 6 nitrogen and oxygen atoms in total. The fraction of sp³-hybridized carbons (Fsp3) is 0.0625. The Bertz CT molecular complexity index is 888. The number of hydrogen-bond donors (Lipinski definition) is 3. The summed E-state index contributed by atoms with van der Waals surface area (Å²) in [5.74, 6) is -0.0872. The summed E-state index contributed by atoms with van der Waals surface area (Å²) >= 11 is 1.66. The van der Waals surface area contributed by atoms with Crippen molar-refractivity contribution in [2.45, 2.75) is 6.92 Å². The second-order valence-electron chi connectivity index (χ2n) is 4.99. The lowest BCUT2D eigenvalue weighted by Crippen LogP contribution is -2.26. The molecule has 3 aromatic rings. The van der Waals surface area contributed by atoms with Crippen LogP contribution in [0.2, 0.25) is 0 Å². The first-order valence-corrected chi connectivity index (χ1v) is 7.75. The van der Waals surface area contributed by atoms with Gasteiger partial charge in [-0.05, 0) is 42.8 Å². The fourth-order valence-electron chi connectivity index (χ4n) is 2.19. The van der Waals surface area contributed by atoms with E-state index in [1.54, 1.807) is 11.3 Å². The molecule has 0 fully saturated rings. The van der Waals surface area contributed by atoms with Gasteiger partial charge in [-0.2, -0.15) is 4.99 Å². The van der Waals surface area contributed by atoms with E-state index in [1.807, 2.05) is 43.3 Å². The molecule has 0 radical (unpaired) electrons. The molecule has 7 heteroatoms. The van der Waals surface area contributed by atoms with Gasteiger partial charge in [0.25, 0.3) is 0 Å². The minimum atomic E-state index is -0.116. The summed E-state index contributed by atoms with van der Waals surface area (Å²) in [5, 5.41) is 0.974. The predicted molar refractivity (Wildman–Crippen MR) is 96.9 cm³/mol. The molecule has 3 rings (SSSR count). The summed E-state index contributed by atoms with van der Waals surface area (Å²) in [6, 6.07) is 14.0. The quantitative estimate of drug-likeness (QED) is 0.496. The summed E-state index contributed by atoms with van der Waals surface area (Å²) < 4.78 is 1.17. The van der Waals surface area contributed by atoms with Gasteiger partial charge in [-0.15, -0.1) is 11.3 Å². The van der Waals surface area contributed by atoms with Gasteiger partial charge in [-0.1, -0.05) is 12.1 Å². The Labute approximate surface area is 137 Å². The number of nitrogens with zero attached hydrogens (tertiary/aromatic N) is 3. The van der Waals surface area contributed by atoms with Crippen molar-refractivity contribution in [1.29, 1.82) is 0 Å². The lowest BCUT2D eigenvalue weighted by molar-refractivity contribution is 1.34. The van der Waals surface area contributed by atoms with E-state index in [0.29, 0.717) is 0 Å². The summed E-state index contributed by atoms with van der Waals surface area (Å²) in [6.07, 6.45) is 0. The molecule has 2 aromatic carbocycles. The van der Waals surface area contributed by atoms with Crippen molar-refractivity contribution >= 4 is 39.2 Å². The molecule has 1 aromatic heterocycles.